The Hall–Kier alpha value is -3.10. The van der Waals surface area contributed by atoms with Crippen molar-refractivity contribution in [3.63, 3.8) is 0 Å². The van der Waals surface area contributed by atoms with E-state index < -0.39 is 15.7 Å². The van der Waals surface area contributed by atoms with Gasteiger partial charge in [0.2, 0.25) is 0 Å². The van der Waals surface area contributed by atoms with Crippen molar-refractivity contribution in [1.82, 2.24) is 0 Å². The number of Topliss-reactive ketones (excluding diaryl/α,β-unsaturated/α-hetero) is 1. The summed E-state index contributed by atoms with van der Waals surface area (Å²) in [6, 6.07) is 15.4. The van der Waals surface area contributed by atoms with Crippen molar-refractivity contribution in [2.45, 2.75) is 30.9 Å². The molecule has 8 heteroatoms. The van der Waals surface area contributed by atoms with Crippen molar-refractivity contribution in [2.75, 3.05) is 11.6 Å². The van der Waals surface area contributed by atoms with E-state index in [9.17, 15) is 22.8 Å². The molecule has 0 atom stereocenters. The lowest BCUT2D eigenvalue weighted by molar-refractivity contribution is 0.0909. The van der Waals surface area contributed by atoms with E-state index in [0.717, 1.165) is 17.6 Å². The number of hydrogen-bond donors (Lipinski definition) is 1. The maximum atomic E-state index is 13.2. The third-order valence-electron chi connectivity index (χ3n) is 5.51. The van der Waals surface area contributed by atoms with Gasteiger partial charge in [-0.3, -0.25) is 14.4 Å². The molecule has 1 aliphatic rings. The second-order valence-electron chi connectivity index (χ2n) is 9.02. The second-order valence-corrected chi connectivity index (χ2v) is 12.2. The molecule has 0 unspecified atom stereocenters. The van der Waals surface area contributed by atoms with E-state index in [1.807, 2.05) is 19.9 Å². The van der Waals surface area contributed by atoms with E-state index in [1.165, 1.54) is 0 Å². The second kappa shape index (κ2) is 8.35. The van der Waals surface area contributed by atoms with Crippen LogP contribution >= 0.6 is 11.3 Å². The zero-order valence-corrected chi connectivity index (χ0v) is 20.1. The Bertz CT molecular complexity index is 1390. The van der Waals surface area contributed by atoms with Gasteiger partial charge >= 0.3 is 0 Å². The average molecular weight is 482 g/mol. The highest BCUT2D eigenvalue weighted by atomic mass is 32.2. The molecule has 0 saturated heterocycles. The zero-order valence-electron chi connectivity index (χ0n) is 18.5. The van der Waals surface area contributed by atoms with Crippen LogP contribution in [-0.4, -0.2) is 32.1 Å². The minimum Gasteiger partial charge on any atom is -0.321 e. The first kappa shape index (κ1) is 23.1. The molecule has 170 valence electrons. The van der Waals surface area contributed by atoms with Crippen LogP contribution in [0.1, 0.15) is 61.8 Å². The van der Waals surface area contributed by atoms with Gasteiger partial charge in [-0.25, -0.2) is 8.42 Å². The van der Waals surface area contributed by atoms with Crippen LogP contribution < -0.4 is 5.32 Å². The number of hydrogen-bond acceptors (Lipinski definition) is 6. The molecular formula is C25H23NO5S2. The molecule has 1 N–H and O–H groups in total. The molecular weight excluding hydrogens is 458 g/mol. The van der Waals surface area contributed by atoms with Crippen LogP contribution in [0, 0.1) is 5.41 Å². The largest absolute Gasteiger partial charge is 0.321 e. The first-order valence-corrected chi connectivity index (χ1v) is 13.1. The molecule has 0 saturated carbocycles. The fourth-order valence-corrected chi connectivity index (χ4v) is 6.51. The summed E-state index contributed by atoms with van der Waals surface area (Å²) in [4.78, 5) is 39.0. The monoisotopic (exact) mass is 481 g/mol. The Kier molecular flexibility index (Phi) is 5.84. The number of fused-ring (bicyclic) bond motifs is 1. The number of carbonyl (C=O) groups is 3. The first-order chi connectivity index (χ1) is 15.5. The number of amides is 1. The molecule has 0 spiro atoms. The Balaban J connectivity index is 1.69. The summed E-state index contributed by atoms with van der Waals surface area (Å²) in [6.07, 6.45) is 1.70. The summed E-state index contributed by atoms with van der Waals surface area (Å²) < 4.78 is 24.6. The smallest absolute Gasteiger partial charge is 0.266 e. The SMILES string of the molecule is CC1(C)CC(=O)c2c(S(C)(=O)=O)sc(C(=O)Nc3cccc(C(=O)c4ccccc4)c3)c2C1. The minimum atomic E-state index is -3.68. The Morgan fingerprint density at radius 3 is 2.30 bits per heavy atom. The number of rotatable bonds is 5. The van der Waals surface area contributed by atoms with Gasteiger partial charge in [0.15, 0.2) is 21.4 Å². The molecule has 1 heterocycles. The van der Waals surface area contributed by atoms with Crippen molar-refractivity contribution in [1.29, 1.82) is 0 Å². The maximum Gasteiger partial charge on any atom is 0.266 e. The molecule has 0 bridgehead atoms. The average Bonchev–Trinajstić information content (AvgIpc) is 3.13. The Morgan fingerprint density at radius 2 is 1.64 bits per heavy atom. The fraction of sp³-hybridized carbons (Fsp3) is 0.240. The van der Waals surface area contributed by atoms with Gasteiger partial charge in [0, 0.05) is 29.5 Å². The number of ketones is 2. The minimum absolute atomic E-state index is 0.0591. The fourth-order valence-electron chi connectivity index (χ4n) is 4.08. The first-order valence-electron chi connectivity index (χ1n) is 10.4. The van der Waals surface area contributed by atoms with Gasteiger partial charge < -0.3 is 5.32 Å². The van der Waals surface area contributed by atoms with Crippen LogP contribution in [0.15, 0.2) is 58.8 Å². The van der Waals surface area contributed by atoms with Gasteiger partial charge in [-0.2, -0.15) is 0 Å². The normalized spacial score (nSPS) is 15.1. The van der Waals surface area contributed by atoms with Gasteiger partial charge in [0.05, 0.1) is 10.4 Å². The summed E-state index contributed by atoms with van der Waals surface area (Å²) >= 11 is 0.834. The highest BCUT2D eigenvalue weighted by Gasteiger charge is 2.39. The van der Waals surface area contributed by atoms with Gasteiger partial charge in [0.1, 0.15) is 4.21 Å². The molecule has 6 nitrogen and oxygen atoms in total. The third kappa shape index (κ3) is 4.67. The molecule has 4 rings (SSSR count). The van der Waals surface area contributed by atoms with Crippen molar-refractivity contribution >= 4 is 44.3 Å². The third-order valence-corrected chi connectivity index (χ3v) is 8.57. The molecule has 3 aromatic rings. The standard InChI is InChI=1S/C25H23NO5S2/c1-25(2)13-18-20(19(27)14-25)24(33(3,30)31)32-22(18)23(29)26-17-11-7-10-16(12-17)21(28)15-8-5-4-6-9-15/h4-12H,13-14H2,1-3H3,(H,26,29). The number of anilines is 1. The molecule has 1 amide bonds. The lowest BCUT2D eigenvalue weighted by Crippen LogP contribution is -2.28. The highest BCUT2D eigenvalue weighted by molar-refractivity contribution is 7.92. The van der Waals surface area contributed by atoms with Crippen molar-refractivity contribution in [2.24, 2.45) is 5.41 Å². The van der Waals surface area contributed by atoms with E-state index in [0.29, 0.717) is 28.8 Å². The lowest BCUT2D eigenvalue weighted by atomic mass is 9.74. The van der Waals surface area contributed by atoms with Gasteiger partial charge in [0.25, 0.3) is 5.91 Å². The molecule has 33 heavy (non-hydrogen) atoms. The van der Waals surface area contributed by atoms with E-state index >= 15 is 0 Å². The van der Waals surface area contributed by atoms with E-state index in [2.05, 4.69) is 5.32 Å². The van der Waals surface area contributed by atoms with Crippen LogP contribution in [0.4, 0.5) is 5.69 Å². The van der Waals surface area contributed by atoms with Gasteiger partial charge in [-0.1, -0.05) is 56.3 Å². The summed E-state index contributed by atoms with van der Waals surface area (Å²) in [7, 11) is -3.68. The lowest BCUT2D eigenvalue weighted by Gasteiger charge is -2.29. The van der Waals surface area contributed by atoms with Crippen LogP contribution in [0.2, 0.25) is 0 Å². The Morgan fingerprint density at radius 1 is 0.970 bits per heavy atom. The van der Waals surface area contributed by atoms with Crippen molar-refractivity contribution < 1.29 is 22.8 Å². The summed E-state index contributed by atoms with van der Waals surface area (Å²) in [5.41, 5.74) is 1.62. The molecule has 0 radical (unpaired) electrons. The molecule has 1 aliphatic carbocycles. The van der Waals surface area contributed by atoms with Crippen LogP contribution in [0.5, 0.6) is 0 Å². The Labute approximate surface area is 196 Å². The predicted molar refractivity (Wildman–Crippen MR) is 128 cm³/mol. The quantitative estimate of drug-likeness (QED) is 0.529. The van der Waals surface area contributed by atoms with Crippen LogP contribution in [-0.2, 0) is 16.3 Å². The van der Waals surface area contributed by atoms with Crippen molar-refractivity contribution in [3.05, 3.63) is 81.7 Å². The zero-order chi connectivity index (χ0) is 24.0. The van der Waals surface area contributed by atoms with Crippen LogP contribution in [0.25, 0.3) is 0 Å². The molecule has 0 aliphatic heterocycles. The number of thiophene rings is 1. The van der Waals surface area contributed by atoms with E-state index in [-0.39, 0.29) is 38.1 Å². The number of carbonyl (C=O) groups excluding carboxylic acids is 3. The molecule has 2 aromatic carbocycles. The number of nitrogens with one attached hydrogen (secondary N) is 1. The number of sulfone groups is 1. The summed E-state index contributed by atoms with van der Waals surface area (Å²) in [5, 5.41) is 2.78. The summed E-state index contributed by atoms with van der Waals surface area (Å²) in [6.45, 7) is 3.85. The van der Waals surface area contributed by atoms with E-state index in [4.69, 9.17) is 0 Å². The topological polar surface area (TPSA) is 97.4 Å². The van der Waals surface area contributed by atoms with Gasteiger partial charge in [-0.15, -0.1) is 11.3 Å². The van der Waals surface area contributed by atoms with Crippen molar-refractivity contribution in [3.8, 4) is 0 Å². The van der Waals surface area contributed by atoms with E-state index in [1.54, 1.807) is 48.5 Å². The molecule has 0 fully saturated rings. The highest BCUT2D eigenvalue weighted by Crippen LogP contribution is 2.43. The van der Waals surface area contributed by atoms with Gasteiger partial charge in [-0.05, 0) is 29.5 Å². The predicted octanol–water partition coefficient (Wildman–Crippen LogP) is 4.79. The van der Waals surface area contributed by atoms with Crippen LogP contribution in [0.3, 0.4) is 0 Å². The number of benzene rings is 2. The summed E-state index contributed by atoms with van der Waals surface area (Å²) in [5.74, 6) is -0.930. The molecule has 1 aromatic heterocycles. The maximum absolute atomic E-state index is 13.2.